The van der Waals surface area contributed by atoms with Crippen molar-refractivity contribution in [2.45, 2.75) is 5.88 Å². The first-order chi connectivity index (χ1) is 6.13. The molecule has 0 unspecified atom stereocenters. The summed E-state index contributed by atoms with van der Waals surface area (Å²) in [6.07, 6.45) is -1.20. The fraction of sp³-hybridized carbons (Fsp3) is 0.125. The molecule has 0 bridgehead atoms. The molecule has 2 N–H and O–H groups in total. The monoisotopic (exact) mass is 203 g/mol. The number of hydrogen-bond donors (Lipinski definition) is 2. The number of carboxylic acid groups (broad SMARTS) is 1. The Hall–Kier alpha value is -1.29. The van der Waals surface area contributed by atoms with E-state index in [1.54, 1.807) is 0 Å². The molecule has 3 nitrogen and oxygen atoms in total. The van der Waals surface area contributed by atoms with E-state index in [0.717, 1.165) is 0 Å². The predicted molar refractivity (Wildman–Crippen MR) is 47.6 cm³/mol. The highest BCUT2D eigenvalue weighted by Crippen LogP contribution is 2.18. The Balaban J connectivity index is 2.99. The smallest absolute Gasteiger partial charge is 0.409 e. The Morgan fingerprint density at radius 1 is 1.62 bits per heavy atom. The van der Waals surface area contributed by atoms with E-state index in [-0.39, 0.29) is 5.88 Å². The van der Waals surface area contributed by atoms with E-state index in [1.165, 1.54) is 18.2 Å². The fourth-order valence-corrected chi connectivity index (χ4v) is 1.13. The molecule has 13 heavy (non-hydrogen) atoms. The zero-order valence-electron chi connectivity index (χ0n) is 6.55. The van der Waals surface area contributed by atoms with Gasteiger partial charge in [0.25, 0.3) is 0 Å². The van der Waals surface area contributed by atoms with Crippen molar-refractivity contribution < 1.29 is 14.3 Å². The number of amides is 1. The van der Waals surface area contributed by atoms with Crippen LogP contribution in [0.5, 0.6) is 0 Å². The second-order valence-corrected chi connectivity index (χ2v) is 2.63. The Morgan fingerprint density at radius 2 is 2.31 bits per heavy atom. The minimum Gasteiger partial charge on any atom is -0.465 e. The van der Waals surface area contributed by atoms with Crippen molar-refractivity contribution in [2.75, 3.05) is 5.32 Å². The summed E-state index contributed by atoms with van der Waals surface area (Å²) in [4.78, 5) is 10.3. The zero-order valence-corrected chi connectivity index (χ0v) is 7.31. The molecule has 0 aliphatic carbocycles. The van der Waals surface area contributed by atoms with Gasteiger partial charge in [0.2, 0.25) is 0 Å². The SMILES string of the molecule is O=C(O)Nc1ccc(F)cc1CCl. The molecule has 0 aromatic heterocycles. The minimum absolute atomic E-state index is 0.0629. The Bertz CT molecular complexity index is 330. The average Bonchev–Trinajstić information content (AvgIpc) is 2.07. The van der Waals surface area contributed by atoms with Gasteiger partial charge < -0.3 is 5.11 Å². The van der Waals surface area contributed by atoms with Gasteiger partial charge >= 0.3 is 6.09 Å². The van der Waals surface area contributed by atoms with Crippen molar-refractivity contribution in [1.82, 2.24) is 0 Å². The maximum atomic E-state index is 12.6. The van der Waals surface area contributed by atoms with Crippen LogP contribution in [0.25, 0.3) is 0 Å². The highest BCUT2D eigenvalue weighted by molar-refractivity contribution is 6.17. The molecule has 0 atom stereocenters. The van der Waals surface area contributed by atoms with Gasteiger partial charge in [-0.15, -0.1) is 11.6 Å². The molecule has 70 valence electrons. The summed E-state index contributed by atoms with van der Waals surface area (Å²) < 4.78 is 12.6. The molecule has 0 aliphatic heterocycles. The van der Waals surface area contributed by atoms with Gasteiger partial charge in [0.15, 0.2) is 0 Å². The van der Waals surface area contributed by atoms with E-state index < -0.39 is 11.9 Å². The van der Waals surface area contributed by atoms with E-state index in [9.17, 15) is 9.18 Å². The first kappa shape index (κ1) is 9.80. The molecule has 1 amide bonds. The number of benzene rings is 1. The molecule has 1 rings (SSSR count). The Labute approximate surface area is 79.1 Å². The first-order valence-electron chi connectivity index (χ1n) is 3.48. The third-order valence-electron chi connectivity index (χ3n) is 1.45. The van der Waals surface area contributed by atoms with Crippen LogP contribution in [-0.2, 0) is 5.88 Å². The fourth-order valence-electron chi connectivity index (χ4n) is 0.910. The molecule has 0 heterocycles. The summed E-state index contributed by atoms with van der Waals surface area (Å²) in [7, 11) is 0. The number of halogens is 2. The van der Waals surface area contributed by atoms with Gasteiger partial charge in [0.05, 0.1) is 0 Å². The summed E-state index contributed by atoms with van der Waals surface area (Å²) >= 11 is 5.49. The van der Waals surface area contributed by atoms with Gasteiger partial charge in [-0.3, -0.25) is 5.32 Å². The lowest BCUT2D eigenvalue weighted by Gasteiger charge is -2.05. The molecule has 5 heteroatoms. The van der Waals surface area contributed by atoms with Gasteiger partial charge in [-0.2, -0.15) is 0 Å². The highest BCUT2D eigenvalue weighted by Gasteiger charge is 2.05. The number of alkyl halides is 1. The van der Waals surface area contributed by atoms with Crippen molar-refractivity contribution in [2.24, 2.45) is 0 Å². The molecule has 0 radical (unpaired) electrons. The lowest BCUT2D eigenvalue weighted by Crippen LogP contribution is -2.09. The summed E-state index contributed by atoms with van der Waals surface area (Å²) in [5, 5.41) is 10.5. The Morgan fingerprint density at radius 3 is 2.85 bits per heavy atom. The number of anilines is 1. The van der Waals surface area contributed by atoms with E-state index in [4.69, 9.17) is 16.7 Å². The molecule has 0 aliphatic rings. The zero-order chi connectivity index (χ0) is 9.84. The van der Waals surface area contributed by atoms with Crippen LogP contribution in [0, 0.1) is 5.82 Å². The third kappa shape index (κ3) is 2.59. The summed E-state index contributed by atoms with van der Waals surface area (Å²) in [5.41, 5.74) is 0.730. The molecular formula is C8H7ClFNO2. The first-order valence-corrected chi connectivity index (χ1v) is 4.01. The second-order valence-electron chi connectivity index (χ2n) is 2.37. The van der Waals surface area contributed by atoms with Crippen LogP contribution in [0.15, 0.2) is 18.2 Å². The van der Waals surface area contributed by atoms with Gasteiger partial charge in [-0.25, -0.2) is 9.18 Å². The van der Waals surface area contributed by atoms with E-state index >= 15 is 0 Å². The number of rotatable bonds is 2. The molecule has 0 saturated heterocycles. The van der Waals surface area contributed by atoms with Crippen LogP contribution in [0.3, 0.4) is 0 Å². The predicted octanol–water partition coefficient (Wildman–Crippen LogP) is 2.65. The lowest BCUT2D eigenvalue weighted by molar-refractivity contribution is 0.209. The molecule has 0 saturated carbocycles. The maximum Gasteiger partial charge on any atom is 0.409 e. The highest BCUT2D eigenvalue weighted by atomic mass is 35.5. The lowest BCUT2D eigenvalue weighted by atomic mass is 10.2. The molecule has 0 fully saturated rings. The van der Waals surface area contributed by atoms with Gasteiger partial charge in [0, 0.05) is 11.6 Å². The van der Waals surface area contributed by atoms with E-state index in [2.05, 4.69) is 5.32 Å². The van der Waals surface area contributed by atoms with Crippen LogP contribution < -0.4 is 5.32 Å². The normalized spacial score (nSPS) is 9.69. The number of carbonyl (C=O) groups is 1. The quantitative estimate of drug-likeness (QED) is 0.726. The Kier molecular flexibility index (Phi) is 3.08. The van der Waals surface area contributed by atoms with Crippen molar-refractivity contribution in [3.8, 4) is 0 Å². The summed E-state index contributed by atoms with van der Waals surface area (Å²) in [5.74, 6) is -0.375. The standard InChI is InChI=1S/C8H7ClFNO2/c9-4-5-3-6(10)1-2-7(5)11-8(12)13/h1-3,11H,4H2,(H,12,13). The molecule has 1 aromatic rings. The van der Waals surface area contributed by atoms with E-state index in [1.807, 2.05) is 0 Å². The minimum atomic E-state index is -1.20. The summed E-state index contributed by atoms with van der Waals surface area (Å²) in [6.45, 7) is 0. The third-order valence-corrected chi connectivity index (χ3v) is 1.74. The van der Waals surface area contributed by atoms with Crippen molar-refractivity contribution in [3.05, 3.63) is 29.6 Å². The number of nitrogens with one attached hydrogen (secondary N) is 1. The van der Waals surface area contributed by atoms with Gasteiger partial charge in [-0.1, -0.05) is 0 Å². The van der Waals surface area contributed by atoms with Crippen LogP contribution in [0.4, 0.5) is 14.9 Å². The second kappa shape index (κ2) is 4.09. The van der Waals surface area contributed by atoms with Crippen molar-refractivity contribution in [1.29, 1.82) is 0 Å². The van der Waals surface area contributed by atoms with Crippen molar-refractivity contribution >= 4 is 23.4 Å². The van der Waals surface area contributed by atoms with E-state index in [0.29, 0.717) is 11.3 Å². The average molecular weight is 204 g/mol. The van der Waals surface area contributed by atoms with Crippen LogP contribution in [-0.4, -0.2) is 11.2 Å². The molecule has 1 aromatic carbocycles. The molecular weight excluding hydrogens is 197 g/mol. The van der Waals surface area contributed by atoms with Crippen LogP contribution in [0.2, 0.25) is 0 Å². The maximum absolute atomic E-state index is 12.6. The largest absolute Gasteiger partial charge is 0.465 e. The topological polar surface area (TPSA) is 49.3 Å². The number of hydrogen-bond acceptors (Lipinski definition) is 1. The summed E-state index contributed by atoms with van der Waals surface area (Å²) in [6, 6.07) is 3.70. The van der Waals surface area contributed by atoms with Gasteiger partial charge in [0.1, 0.15) is 5.82 Å². The van der Waals surface area contributed by atoms with Gasteiger partial charge in [-0.05, 0) is 23.8 Å². The van der Waals surface area contributed by atoms with Crippen LogP contribution >= 0.6 is 11.6 Å². The van der Waals surface area contributed by atoms with Crippen molar-refractivity contribution in [3.63, 3.8) is 0 Å². The molecule has 0 spiro atoms. The van der Waals surface area contributed by atoms with Crippen LogP contribution in [0.1, 0.15) is 5.56 Å².